The molecule has 0 saturated carbocycles. The third-order valence-corrected chi connectivity index (χ3v) is 5.34. The molecular formula is C23H18N2O2S. The van der Waals surface area contributed by atoms with Gasteiger partial charge in [-0.05, 0) is 34.5 Å². The second kappa shape index (κ2) is 8.15. The van der Waals surface area contributed by atoms with Crippen molar-refractivity contribution in [3.8, 4) is 5.69 Å². The van der Waals surface area contributed by atoms with Crippen LogP contribution >= 0.6 is 11.3 Å². The number of imidazole rings is 1. The quantitative estimate of drug-likeness (QED) is 0.412. The molecule has 2 aromatic heterocycles. The fourth-order valence-corrected chi connectivity index (χ4v) is 3.92. The van der Waals surface area contributed by atoms with Crippen LogP contribution in [-0.2, 0) is 0 Å². The van der Waals surface area contributed by atoms with Gasteiger partial charge in [-0.15, -0.1) is 0 Å². The topological polar surface area (TPSA) is 52.0 Å². The van der Waals surface area contributed by atoms with Crippen LogP contribution in [0, 0.1) is 0 Å². The number of thiophene rings is 1. The first kappa shape index (κ1) is 18.1. The van der Waals surface area contributed by atoms with Gasteiger partial charge in [0.1, 0.15) is 0 Å². The van der Waals surface area contributed by atoms with Crippen molar-refractivity contribution < 1.29 is 9.59 Å². The highest BCUT2D eigenvalue weighted by atomic mass is 32.1. The van der Waals surface area contributed by atoms with Crippen molar-refractivity contribution in [2.75, 3.05) is 0 Å². The molecule has 28 heavy (non-hydrogen) atoms. The van der Waals surface area contributed by atoms with E-state index in [1.807, 2.05) is 65.4 Å². The molecule has 5 heteroatoms. The van der Waals surface area contributed by atoms with Gasteiger partial charge in [0, 0.05) is 30.1 Å². The Labute approximate surface area is 167 Å². The molecule has 4 rings (SSSR count). The van der Waals surface area contributed by atoms with Crippen LogP contribution < -0.4 is 0 Å². The average Bonchev–Trinajstić information content (AvgIpc) is 3.45. The molecule has 4 nitrogen and oxygen atoms in total. The number of hydrogen-bond donors (Lipinski definition) is 0. The third-order valence-electron chi connectivity index (χ3n) is 4.64. The number of nitrogens with zero attached hydrogens (tertiary/aromatic N) is 2. The van der Waals surface area contributed by atoms with E-state index in [9.17, 15) is 9.59 Å². The van der Waals surface area contributed by atoms with Crippen LogP contribution in [0.1, 0.15) is 38.9 Å². The second-order valence-corrected chi connectivity index (χ2v) is 7.20. The number of aromatic nitrogens is 2. The highest BCUT2D eigenvalue weighted by Gasteiger charge is 2.29. The van der Waals surface area contributed by atoms with Crippen LogP contribution in [0.3, 0.4) is 0 Å². The summed E-state index contributed by atoms with van der Waals surface area (Å²) in [7, 11) is 0. The predicted octanol–water partition coefficient (Wildman–Crippen LogP) is 5.17. The summed E-state index contributed by atoms with van der Waals surface area (Å²) < 4.78 is 1.77. The summed E-state index contributed by atoms with van der Waals surface area (Å²) in [5, 5.41) is 3.85. The van der Waals surface area contributed by atoms with Crippen LogP contribution in [0.15, 0.2) is 89.9 Å². The van der Waals surface area contributed by atoms with Gasteiger partial charge < -0.3 is 0 Å². The Morgan fingerprint density at radius 2 is 1.68 bits per heavy atom. The maximum atomic E-state index is 13.4. The van der Waals surface area contributed by atoms with E-state index in [2.05, 4.69) is 4.98 Å². The molecule has 0 bridgehead atoms. The molecular weight excluding hydrogens is 368 g/mol. The smallest absolute Gasteiger partial charge is 0.206 e. The molecule has 0 saturated heterocycles. The lowest BCUT2D eigenvalue weighted by molar-refractivity contribution is 0.0886. The molecule has 138 valence electrons. The number of Topliss-reactive ketones (excluding diaryl/α,β-unsaturated/α-hetero) is 2. The highest BCUT2D eigenvalue weighted by molar-refractivity contribution is 7.08. The Kier molecular flexibility index (Phi) is 5.26. The normalized spacial score (nSPS) is 11.9. The van der Waals surface area contributed by atoms with E-state index in [1.54, 1.807) is 29.1 Å². The number of benzene rings is 2. The van der Waals surface area contributed by atoms with E-state index in [0.29, 0.717) is 11.4 Å². The lowest BCUT2D eigenvalue weighted by Gasteiger charge is -2.15. The van der Waals surface area contributed by atoms with Gasteiger partial charge in [0.25, 0.3) is 0 Å². The van der Waals surface area contributed by atoms with E-state index in [-0.39, 0.29) is 18.0 Å². The number of hydrogen-bond acceptors (Lipinski definition) is 4. The number of para-hydroxylation sites is 1. The molecule has 4 aromatic rings. The Balaban J connectivity index is 1.68. The van der Waals surface area contributed by atoms with Gasteiger partial charge >= 0.3 is 0 Å². The van der Waals surface area contributed by atoms with Crippen molar-refractivity contribution in [3.05, 3.63) is 107 Å². The molecule has 1 atom stereocenters. The molecule has 0 aliphatic heterocycles. The van der Waals surface area contributed by atoms with Crippen molar-refractivity contribution in [2.45, 2.75) is 12.3 Å². The Morgan fingerprint density at radius 1 is 0.964 bits per heavy atom. The molecule has 0 spiro atoms. The van der Waals surface area contributed by atoms with Crippen LogP contribution in [0.2, 0.25) is 0 Å². The lowest BCUT2D eigenvalue weighted by atomic mass is 9.89. The minimum Gasteiger partial charge on any atom is -0.297 e. The third kappa shape index (κ3) is 3.70. The summed E-state index contributed by atoms with van der Waals surface area (Å²) in [4.78, 5) is 30.5. The van der Waals surface area contributed by atoms with E-state index >= 15 is 0 Å². The fourth-order valence-electron chi connectivity index (χ4n) is 3.20. The zero-order valence-electron chi connectivity index (χ0n) is 15.1. The first-order valence-electron chi connectivity index (χ1n) is 8.97. The van der Waals surface area contributed by atoms with Crippen LogP contribution in [-0.4, -0.2) is 21.1 Å². The van der Waals surface area contributed by atoms with E-state index in [1.165, 1.54) is 11.3 Å². The first-order chi connectivity index (χ1) is 13.7. The number of carbonyl (C=O) groups excluding carboxylic acids is 2. The standard InChI is InChI=1S/C23H18N2O2S/c26-21(17-7-3-1-4-8-17)15-20(18-11-14-28-16-18)22(27)23-24-12-13-25(23)19-9-5-2-6-10-19/h1-14,16,20H,15H2/t20-/m0/s1. The summed E-state index contributed by atoms with van der Waals surface area (Å²) in [6, 6.07) is 20.6. The molecule has 0 fully saturated rings. The molecule has 0 N–H and O–H groups in total. The monoisotopic (exact) mass is 386 g/mol. The van der Waals surface area contributed by atoms with Gasteiger partial charge in [-0.2, -0.15) is 11.3 Å². The maximum absolute atomic E-state index is 13.4. The summed E-state index contributed by atoms with van der Waals surface area (Å²) in [6.07, 6.45) is 3.50. The predicted molar refractivity (Wildman–Crippen MR) is 110 cm³/mol. The molecule has 2 aromatic carbocycles. The summed E-state index contributed by atoms with van der Waals surface area (Å²) in [6.45, 7) is 0. The van der Waals surface area contributed by atoms with Crippen molar-refractivity contribution in [2.24, 2.45) is 0 Å². The van der Waals surface area contributed by atoms with Crippen molar-refractivity contribution >= 4 is 22.9 Å². The second-order valence-electron chi connectivity index (χ2n) is 6.42. The van der Waals surface area contributed by atoms with Crippen molar-refractivity contribution in [1.82, 2.24) is 9.55 Å². The molecule has 0 amide bonds. The average molecular weight is 386 g/mol. The minimum atomic E-state index is -0.566. The van der Waals surface area contributed by atoms with Crippen molar-refractivity contribution in [1.29, 1.82) is 0 Å². The summed E-state index contributed by atoms with van der Waals surface area (Å²) >= 11 is 1.52. The first-order valence-corrected chi connectivity index (χ1v) is 9.91. The molecule has 0 unspecified atom stereocenters. The number of ketones is 2. The van der Waals surface area contributed by atoms with Crippen LogP contribution in [0.25, 0.3) is 5.69 Å². The Morgan fingerprint density at radius 3 is 2.36 bits per heavy atom. The van der Waals surface area contributed by atoms with Crippen LogP contribution in [0.5, 0.6) is 0 Å². The van der Waals surface area contributed by atoms with E-state index in [0.717, 1.165) is 11.3 Å². The van der Waals surface area contributed by atoms with Gasteiger partial charge in [0.05, 0.1) is 5.92 Å². The SMILES string of the molecule is O=C(C[C@H](C(=O)c1nccn1-c1ccccc1)c1ccsc1)c1ccccc1. The van der Waals surface area contributed by atoms with Gasteiger partial charge in [-0.25, -0.2) is 4.98 Å². The van der Waals surface area contributed by atoms with Gasteiger partial charge in [-0.3, -0.25) is 14.2 Å². The molecule has 0 aliphatic rings. The van der Waals surface area contributed by atoms with Crippen molar-refractivity contribution in [3.63, 3.8) is 0 Å². The van der Waals surface area contributed by atoms with E-state index in [4.69, 9.17) is 0 Å². The number of carbonyl (C=O) groups is 2. The Hall–Kier alpha value is -3.31. The van der Waals surface area contributed by atoms with E-state index < -0.39 is 5.92 Å². The highest BCUT2D eigenvalue weighted by Crippen LogP contribution is 2.28. The van der Waals surface area contributed by atoms with Crippen LogP contribution in [0.4, 0.5) is 0 Å². The van der Waals surface area contributed by atoms with Gasteiger partial charge in [-0.1, -0.05) is 48.5 Å². The Bertz CT molecular complexity index is 1070. The fraction of sp³-hybridized carbons (Fsp3) is 0.0870. The van der Waals surface area contributed by atoms with Gasteiger partial charge in [0.2, 0.25) is 5.78 Å². The zero-order chi connectivity index (χ0) is 19.3. The lowest BCUT2D eigenvalue weighted by Crippen LogP contribution is -2.20. The van der Waals surface area contributed by atoms with Gasteiger partial charge in [0.15, 0.2) is 11.6 Å². The number of rotatable bonds is 7. The largest absolute Gasteiger partial charge is 0.297 e. The summed E-state index contributed by atoms with van der Waals surface area (Å²) in [5.74, 6) is -0.438. The zero-order valence-corrected chi connectivity index (χ0v) is 15.9. The molecule has 0 aliphatic carbocycles. The maximum Gasteiger partial charge on any atom is 0.206 e. The summed E-state index contributed by atoms with van der Waals surface area (Å²) in [5.41, 5.74) is 2.32. The minimum absolute atomic E-state index is 0.0528. The molecule has 2 heterocycles. The molecule has 0 radical (unpaired) electrons.